The van der Waals surface area contributed by atoms with E-state index in [0.29, 0.717) is 5.75 Å². The maximum Gasteiger partial charge on any atom is 0.234 e. The molecule has 0 aliphatic rings. The molecule has 0 unspecified atom stereocenters. The molecule has 5 nitrogen and oxygen atoms in total. The summed E-state index contributed by atoms with van der Waals surface area (Å²) >= 11 is 1.42. The second kappa shape index (κ2) is 8.10. The third kappa shape index (κ3) is 4.08. The molecule has 134 valence electrons. The fourth-order valence-electron chi connectivity index (χ4n) is 2.59. The number of nitrogens with zero attached hydrogens (tertiary/aromatic N) is 2. The van der Waals surface area contributed by atoms with Crippen molar-refractivity contribution in [3.05, 3.63) is 60.3 Å². The zero-order chi connectivity index (χ0) is 18.5. The lowest BCUT2D eigenvalue weighted by Crippen LogP contribution is -2.15. The molecule has 6 heteroatoms. The molecule has 0 aliphatic carbocycles. The molecule has 3 aromatic rings. The Hall–Kier alpha value is -2.73. The van der Waals surface area contributed by atoms with Crippen LogP contribution in [0.2, 0.25) is 0 Å². The van der Waals surface area contributed by atoms with Crippen LogP contribution in [0.3, 0.4) is 0 Å². The van der Waals surface area contributed by atoms with Crippen molar-refractivity contribution in [2.75, 3.05) is 18.2 Å². The highest BCUT2D eigenvalue weighted by Crippen LogP contribution is 2.26. The standard InChI is InChI=1S/C20H21N3O2S/c1-14-6-4-5-7-17(14)22-19(24)13-26-20-21-12-18(23(20)2)15-8-10-16(25-3)11-9-15/h4-12H,13H2,1-3H3,(H,22,24). The molecule has 0 bridgehead atoms. The van der Waals surface area contributed by atoms with E-state index < -0.39 is 0 Å². The van der Waals surface area contributed by atoms with Crippen molar-refractivity contribution in [2.24, 2.45) is 7.05 Å². The Labute approximate surface area is 157 Å². The predicted octanol–water partition coefficient (Wildman–Crippen LogP) is 4.13. The number of carbonyl (C=O) groups is 1. The van der Waals surface area contributed by atoms with E-state index >= 15 is 0 Å². The van der Waals surface area contributed by atoms with Gasteiger partial charge in [-0.1, -0.05) is 30.0 Å². The lowest BCUT2D eigenvalue weighted by molar-refractivity contribution is -0.113. The SMILES string of the molecule is COc1ccc(-c2cnc(SCC(=O)Nc3ccccc3C)n2C)cc1. The molecular weight excluding hydrogens is 346 g/mol. The van der Waals surface area contributed by atoms with Gasteiger partial charge in [0.2, 0.25) is 5.91 Å². The molecule has 2 aromatic carbocycles. The van der Waals surface area contributed by atoms with Crippen molar-refractivity contribution in [1.29, 1.82) is 0 Å². The van der Waals surface area contributed by atoms with Gasteiger partial charge in [-0.2, -0.15) is 0 Å². The van der Waals surface area contributed by atoms with Crippen LogP contribution >= 0.6 is 11.8 Å². The monoisotopic (exact) mass is 367 g/mol. The molecule has 0 saturated carbocycles. The Balaban J connectivity index is 1.64. The molecular formula is C20H21N3O2S. The van der Waals surface area contributed by atoms with Crippen LogP contribution in [-0.2, 0) is 11.8 Å². The normalized spacial score (nSPS) is 10.6. The average molecular weight is 367 g/mol. The number of anilines is 1. The van der Waals surface area contributed by atoms with Crippen molar-refractivity contribution < 1.29 is 9.53 Å². The predicted molar refractivity (Wildman–Crippen MR) is 106 cm³/mol. The summed E-state index contributed by atoms with van der Waals surface area (Å²) in [7, 11) is 3.60. The first kappa shape index (κ1) is 18.1. The van der Waals surface area contributed by atoms with Gasteiger partial charge in [0.25, 0.3) is 0 Å². The third-order valence-electron chi connectivity index (χ3n) is 4.08. The molecule has 26 heavy (non-hydrogen) atoms. The van der Waals surface area contributed by atoms with Crippen LogP contribution in [0, 0.1) is 6.92 Å². The molecule has 0 atom stereocenters. The highest BCUT2D eigenvalue weighted by Gasteiger charge is 2.12. The number of nitrogens with one attached hydrogen (secondary N) is 1. The van der Waals surface area contributed by atoms with Crippen LogP contribution in [0.4, 0.5) is 5.69 Å². The Bertz CT molecular complexity index is 904. The highest BCUT2D eigenvalue weighted by atomic mass is 32.2. The number of benzene rings is 2. The van der Waals surface area contributed by atoms with Crippen molar-refractivity contribution in [3.8, 4) is 17.0 Å². The zero-order valence-corrected chi connectivity index (χ0v) is 15.8. The largest absolute Gasteiger partial charge is 0.497 e. The van der Waals surface area contributed by atoms with Crippen molar-refractivity contribution >= 4 is 23.4 Å². The lowest BCUT2D eigenvalue weighted by Gasteiger charge is -2.09. The van der Waals surface area contributed by atoms with Gasteiger partial charge in [-0.15, -0.1) is 0 Å². The number of hydrogen-bond donors (Lipinski definition) is 1. The van der Waals surface area contributed by atoms with Gasteiger partial charge in [0, 0.05) is 18.3 Å². The molecule has 3 rings (SSSR count). The number of thioether (sulfide) groups is 1. The highest BCUT2D eigenvalue weighted by molar-refractivity contribution is 7.99. The summed E-state index contributed by atoms with van der Waals surface area (Å²) in [5, 5.41) is 3.74. The topological polar surface area (TPSA) is 56.1 Å². The number of methoxy groups -OCH3 is 1. The van der Waals surface area contributed by atoms with Gasteiger partial charge in [-0.05, 0) is 42.8 Å². The Morgan fingerprint density at radius 2 is 1.92 bits per heavy atom. The smallest absolute Gasteiger partial charge is 0.234 e. The van der Waals surface area contributed by atoms with E-state index in [2.05, 4.69) is 10.3 Å². The first-order chi connectivity index (χ1) is 12.6. The van der Waals surface area contributed by atoms with E-state index in [9.17, 15) is 4.79 Å². The van der Waals surface area contributed by atoms with E-state index in [1.54, 1.807) is 7.11 Å². The molecule has 0 spiro atoms. The van der Waals surface area contributed by atoms with Crippen LogP contribution in [0.1, 0.15) is 5.56 Å². The maximum absolute atomic E-state index is 12.2. The summed E-state index contributed by atoms with van der Waals surface area (Å²) in [5.74, 6) is 1.08. The number of amides is 1. The van der Waals surface area contributed by atoms with Crippen LogP contribution in [-0.4, -0.2) is 28.3 Å². The first-order valence-corrected chi connectivity index (χ1v) is 9.21. The summed E-state index contributed by atoms with van der Waals surface area (Å²) in [5.41, 5.74) is 3.94. The molecule has 0 aliphatic heterocycles. The average Bonchev–Trinajstić information content (AvgIpc) is 3.02. The summed E-state index contributed by atoms with van der Waals surface area (Å²) in [6.07, 6.45) is 1.82. The Morgan fingerprint density at radius 3 is 2.62 bits per heavy atom. The molecule has 0 saturated heterocycles. The van der Waals surface area contributed by atoms with Crippen molar-refractivity contribution in [3.63, 3.8) is 0 Å². The summed E-state index contributed by atoms with van der Waals surface area (Å²) < 4.78 is 7.19. The van der Waals surface area contributed by atoms with Crippen molar-refractivity contribution in [2.45, 2.75) is 12.1 Å². The first-order valence-electron chi connectivity index (χ1n) is 8.23. The number of hydrogen-bond acceptors (Lipinski definition) is 4. The number of para-hydroxylation sites is 1. The minimum atomic E-state index is -0.0432. The minimum Gasteiger partial charge on any atom is -0.497 e. The van der Waals surface area contributed by atoms with E-state index in [1.807, 2.05) is 73.3 Å². The van der Waals surface area contributed by atoms with Crippen LogP contribution in [0.5, 0.6) is 5.75 Å². The Kier molecular flexibility index (Phi) is 5.63. The molecule has 0 fully saturated rings. The molecule has 1 heterocycles. The van der Waals surface area contributed by atoms with Gasteiger partial charge in [0.1, 0.15) is 5.75 Å². The lowest BCUT2D eigenvalue weighted by atomic mass is 10.1. The second-order valence-electron chi connectivity index (χ2n) is 5.87. The van der Waals surface area contributed by atoms with Gasteiger partial charge in [0.15, 0.2) is 5.16 Å². The maximum atomic E-state index is 12.2. The van der Waals surface area contributed by atoms with E-state index in [1.165, 1.54) is 11.8 Å². The number of ether oxygens (including phenoxy) is 1. The number of aromatic nitrogens is 2. The summed E-state index contributed by atoms with van der Waals surface area (Å²) in [6, 6.07) is 15.6. The fourth-order valence-corrected chi connectivity index (χ4v) is 3.34. The third-order valence-corrected chi connectivity index (χ3v) is 5.13. The van der Waals surface area contributed by atoms with E-state index in [-0.39, 0.29) is 5.91 Å². The van der Waals surface area contributed by atoms with Crippen molar-refractivity contribution in [1.82, 2.24) is 9.55 Å². The van der Waals surface area contributed by atoms with Gasteiger partial charge in [-0.25, -0.2) is 4.98 Å². The quantitative estimate of drug-likeness (QED) is 0.666. The van der Waals surface area contributed by atoms with E-state index in [4.69, 9.17) is 4.74 Å². The zero-order valence-electron chi connectivity index (χ0n) is 15.0. The van der Waals surface area contributed by atoms with Gasteiger partial charge < -0.3 is 14.6 Å². The summed E-state index contributed by atoms with van der Waals surface area (Å²) in [6.45, 7) is 1.97. The Morgan fingerprint density at radius 1 is 1.19 bits per heavy atom. The second-order valence-corrected chi connectivity index (χ2v) is 6.81. The van der Waals surface area contributed by atoms with E-state index in [0.717, 1.165) is 33.4 Å². The number of carbonyl (C=O) groups excluding carboxylic acids is 1. The number of imidazole rings is 1. The molecule has 1 aromatic heterocycles. The fraction of sp³-hybridized carbons (Fsp3) is 0.200. The van der Waals surface area contributed by atoms with Gasteiger partial charge >= 0.3 is 0 Å². The van der Waals surface area contributed by atoms with Gasteiger partial charge in [-0.3, -0.25) is 4.79 Å². The number of rotatable bonds is 6. The van der Waals surface area contributed by atoms with Gasteiger partial charge in [0.05, 0.1) is 24.8 Å². The number of aryl methyl sites for hydroxylation is 1. The summed E-state index contributed by atoms with van der Waals surface area (Å²) in [4.78, 5) is 16.7. The minimum absolute atomic E-state index is 0.0432. The van der Waals surface area contributed by atoms with Crippen LogP contribution < -0.4 is 10.1 Å². The van der Waals surface area contributed by atoms with Crippen LogP contribution in [0.15, 0.2) is 59.9 Å². The molecule has 1 amide bonds. The molecule has 0 radical (unpaired) electrons. The molecule has 1 N–H and O–H groups in total. The van der Waals surface area contributed by atoms with Crippen LogP contribution in [0.25, 0.3) is 11.3 Å².